The van der Waals surface area contributed by atoms with Crippen LogP contribution >= 0.6 is 0 Å². The molecule has 2 aliphatic rings. The van der Waals surface area contributed by atoms with Gasteiger partial charge in [-0.05, 0) is 62.3 Å². The van der Waals surface area contributed by atoms with E-state index in [1.54, 1.807) is 6.26 Å². The van der Waals surface area contributed by atoms with Crippen LogP contribution in [-0.4, -0.2) is 53.9 Å². The molecule has 158 valence electrons. The van der Waals surface area contributed by atoms with Gasteiger partial charge in [0.25, 0.3) is 5.91 Å². The van der Waals surface area contributed by atoms with Gasteiger partial charge in [0.05, 0.1) is 6.20 Å². The molecule has 1 fully saturated rings. The van der Waals surface area contributed by atoms with E-state index in [0.717, 1.165) is 61.5 Å². The second-order valence-corrected chi connectivity index (χ2v) is 10.1. The number of hydrogen-bond donors (Lipinski definition) is 1. The Kier molecular flexibility index (Phi) is 5.23. The molecule has 1 N–H and O–H groups in total. The molecule has 0 radical (unpaired) electrons. The first-order valence-corrected chi connectivity index (χ1v) is 12.6. The fourth-order valence-corrected chi connectivity index (χ4v) is 5.33. The zero-order chi connectivity index (χ0) is 20.7. The van der Waals surface area contributed by atoms with E-state index in [2.05, 4.69) is 38.0 Å². The summed E-state index contributed by atoms with van der Waals surface area (Å²) < 4.78 is 13.6. The van der Waals surface area contributed by atoms with E-state index in [-0.39, 0.29) is 11.9 Å². The number of carbonyl (C=O) groups excluding carboxylic acids is 1. The molecule has 1 saturated carbocycles. The van der Waals surface area contributed by atoms with Crippen LogP contribution in [0.1, 0.15) is 47.3 Å². The topological polar surface area (TPSA) is 71.0 Å². The number of H-pyrrole nitrogens is 1. The Bertz CT molecular complexity index is 1100. The van der Waals surface area contributed by atoms with Crippen molar-refractivity contribution in [3.8, 4) is 0 Å². The summed E-state index contributed by atoms with van der Waals surface area (Å²) in [7, 11) is -0.774. The quantitative estimate of drug-likeness (QED) is 0.633. The van der Waals surface area contributed by atoms with E-state index in [1.807, 2.05) is 18.3 Å². The van der Waals surface area contributed by atoms with Crippen molar-refractivity contribution in [3.05, 3.63) is 53.5 Å². The number of rotatable bonds is 7. The number of hydrogen-bond acceptors (Lipinski definition) is 3. The molecule has 1 amide bonds. The Balaban J connectivity index is 1.42. The molecular weight excluding hydrogens is 396 g/mol. The molecule has 2 atom stereocenters. The van der Waals surface area contributed by atoms with Crippen LogP contribution in [0.5, 0.6) is 0 Å². The molecule has 3 aromatic rings. The first-order chi connectivity index (χ1) is 14.6. The summed E-state index contributed by atoms with van der Waals surface area (Å²) in [6.45, 7) is 0.818. The van der Waals surface area contributed by atoms with Crippen LogP contribution in [0.3, 0.4) is 0 Å². The average molecular weight is 425 g/mol. The highest BCUT2D eigenvalue weighted by molar-refractivity contribution is 7.84. The van der Waals surface area contributed by atoms with Gasteiger partial charge in [-0.15, -0.1) is 0 Å². The van der Waals surface area contributed by atoms with Crippen LogP contribution in [-0.2, 0) is 30.2 Å². The monoisotopic (exact) mass is 424 g/mol. The maximum Gasteiger partial charge on any atom is 0.255 e. The van der Waals surface area contributed by atoms with E-state index in [4.69, 9.17) is 0 Å². The van der Waals surface area contributed by atoms with Gasteiger partial charge in [0, 0.05) is 69.8 Å². The molecular formula is C23H28N4O2S. The van der Waals surface area contributed by atoms with Crippen LogP contribution in [0.25, 0.3) is 10.9 Å². The molecule has 2 aliphatic carbocycles. The van der Waals surface area contributed by atoms with E-state index >= 15 is 0 Å². The molecule has 0 saturated heterocycles. The van der Waals surface area contributed by atoms with Crippen molar-refractivity contribution < 1.29 is 9.00 Å². The summed E-state index contributed by atoms with van der Waals surface area (Å²) in [5.41, 5.74) is 4.36. The lowest BCUT2D eigenvalue weighted by Gasteiger charge is -2.34. The molecule has 2 aromatic heterocycles. The van der Waals surface area contributed by atoms with Crippen molar-refractivity contribution in [2.45, 2.75) is 57.2 Å². The highest BCUT2D eigenvalue weighted by atomic mass is 32.2. The van der Waals surface area contributed by atoms with Gasteiger partial charge in [-0.1, -0.05) is 6.07 Å². The largest absolute Gasteiger partial charge is 0.347 e. The van der Waals surface area contributed by atoms with Crippen LogP contribution in [0.2, 0.25) is 0 Å². The fourth-order valence-electron chi connectivity index (χ4n) is 4.80. The van der Waals surface area contributed by atoms with E-state index in [0.29, 0.717) is 11.8 Å². The highest BCUT2D eigenvalue weighted by Crippen LogP contribution is 2.35. The lowest BCUT2D eigenvalue weighted by atomic mass is 9.91. The smallest absolute Gasteiger partial charge is 0.255 e. The number of nitrogens with one attached hydrogen (secondary N) is 1. The number of nitrogens with zero attached hydrogens (tertiary/aromatic N) is 3. The van der Waals surface area contributed by atoms with Crippen molar-refractivity contribution >= 4 is 27.6 Å². The zero-order valence-corrected chi connectivity index (χ0v) is 18.2. The first-order valence-electron chi connectivity index (χ1n) is 10.8. The minimum absolute atomic E-state index is 0.160. The predicted octanol–water partition coefficient (Wildman–Crippen LogP) is 3.30. The lowest BCUT2D eigenvalue weighted by Crippen LogP contribution is -2.44. The summed E-state index contributed by atoms with van der Waals surface area (Å²) in [6.07, 6.45) is 11.6. The van der Waals surface area contributed by atoms with Gasteiger partial charge in [-0.25, -0.2) is 0 Å². The number of aromatic amines is 1. The third-order valence-electron chi connectivity index (χ3n) is 6.43. The van der Waals surface area contributed by atoms with Gasteiger partial charge in [0.2, 0.25) is 0 Å². The summed E-state index contributed by atoms with van der Waals surface area (Å²) in [6, 6.07) is 8.71. The molecule has 0 bridgehead atoms. The Morgan fingerprint density at radius 2 is 2.13 bits per heavy atom. The standard InChI is InChI=1S/C23H28N4O2S/c1-30(29)13-3-11-26-12-10-19-20(4-2-5-22(19)26)23(28)27(17-6-7-17)18-8-9-21-16(14-18)15-24-25-21/h2,4-5,10,12,15,17-18H,3,6-9,11,13-14H2,1H3,(H,24,25). The lowest BCUT2D eigenvalue weighted by molar-refractivity contribution is 0.0645. The fraction of sp³-hybridized carbons (Fsp3) is 0.478. The van der Waals surface area contributed by atoms with Crippen LogP contribution in [0.4, 0.5) is 0 Å². The maximum absolute atomic E-state index is 13.8. The Labute approximate surface area is 179 Å². The summed E-state index contributed by atoms with van der Waals surface area (Å²) in [5, 5.41) is 8.31. The molecule has 2 unspecified atom stereocenters. The maximum atomic E-state index is 13.8. The number of fused-ring (bicyclic) bond motifs is 2. The van der Waals surface area contributed by atoms with Crippen LogP contribution in [0.15, 0.2) is 36.7 Å². The van der Waals surface area contributed by atoms with Crippen molar-refractivity contribution in [1.82, 2.24) is 19.7 Å². The van der Waals surface area contributed by atoms with Crippen molar-refractivity contribution in [2.75, 3.05) is 12.0 Å². The van der Waals surface area contributed by atoms with Crippen molar-refractivity contribution in [3.63, 3.8) is 0 Å². The van der Waals surface area contributed by atoms with Crippen molar-refractivity contribution in [1.29, 1.82) is 0 Å². The van der Waals surface area contributed by atoms with Gasteiger partial charge in [0.1, 0.15) is 0 Å². The Hall–Kier alpha value is -2.41. The van der Waals surface area contributed by atoms with Crippen LogP contribution in [0, 0.1) is 0 Å². The highest BCUT2D eigenvalue weighted by Gasteiger charge is 2.39. The number of amides is 1. The second kappa shape index (κ2) is 8.02. The Morgan fingerprint density at radius 1 is 1.27 bits per heavy atom. The second-order valence-electron chi connectivity index (χ2n) is 8.59. The van der Waals surface area contributed by atoms with Gasteiger partial charge < -0.3 is 9.47 Å². The molecule has 1 aromatic carbocycles. The van der Waals surface area contributed by atoms with E-state index < -0.39 is 10.8 Å². The zero-order valence-electron chi connectivity index (χ0n) is 17.3. The molecule has 30 heavy (non-hydrogen) atoms. The van der Waals surface area contributed by atoms with E-state index in [1.165, 1.54) is 11.3 Å². The normalized spacial score (nSPS) is 19.6. The minimum atomic E-state index is -0.774. The number of carbonyl (C=O) groups is 1. The summed E-state index contributed by atoms with van der Waals surface area (Å²) >= 11 is 0. The summed E-state index contributed by atoms with van der Waals surface area (Å²) in [5.74, 6) is 0.860. The van der Waals surface area contributed by atoms with E-state index in [9.17, 15) is 9.00 Å². The number of benzene rings is 1. The minimum Gasteiger partial charge on any atom is -0.347 e. The Morgan fingerprint density at radius 3 is 2.93 bits per heavy atom. The van der Waals surface area contributed by atoms with Crippen LogP contribution < -0.4 is 0 Å². The van der Waals surface area contributed by atoms with Gasteiger partial charge in [0.15, 0.2) is 0 Å². The molecule has 5 rings (SSSR count). The first kappa shape index (κ1) is 19.5. The third kappa shape index (κ3) is 3.71. The average Bonchev–Trinajstić information content (AvgIpc) is 3.30. The number of aromatic nitrogens is 3. The number of aryl methyl sites for hydroxylation is 2. The van der Waals surface area contributed by atoms with Gasteiger partial charge in [-0.2, -0.15) is 5.10 Å². The molecule has 2 heterocycles. The predicted molar refractivity (Wildman–Crippen MR) is 119 cm³/mol. The SMILES string of the molecule is CS(=O)CCCn1ccc2c(C(=O)N(C3CC3)C3CCc4[nH]ncc4C3)cccc21. The molecule has 0 spiro atoms. The molecule has 6 nitrogen and oxygen atoms in total. The van der Waals surface area contributed by atoms with Gasteiger partial charge >= 0.3 is 0 Å². The van der Waals surface area contributed by atoms with Crippen molar-refractivity contribution in [2.24, 2.45) is 0 Å². The third-order valence-corrected chi connectivity index (χ3v) is 7.30. The molecule has 7 heteroatoms. The molecule has 0 aliphatic heterocycles. The van der Waals surface area contributed by atoms with Gasteiger partial charge in [-0.3, -0.25) is 14.1 Å². The summed E-state index contributed by atoms with van der Waals surface area (Å²) in [4.78, 5) is 15.9.